The van der Waals surface area contributed by atoms with Gasteiger partial charge < -0.3 is 15.2 Å². The molecule has 0 fully saturated rings. The monoisotopic (exact) mass is 248 g/mol. The second-order valence-corrected chi connectivity index (χ2v) is 3.92. The number of aromatic amines is 1. The summed E-state index contributed by atoms with van der Waals surface area (Å²) in [5, 5.41) is 30.0. The standard InChI is InChI=1S/C12H12N2O4/c15-11-4-3-8(6-10(11)14(17)18)12(16)7-9-2-1-5-13-9/h1-6,12-13,15-16H,7H2. The first-order valence-corrected chi connectivity index (χ1v) is 5.35. The van der Waals surface area contributed by atoms with Gasteiger partial charge >= 0.3 is 5.69 Å². The molecule has 0 bridgehead atoms. The van der Waals surface area contributed by atoms with E-state index in [2.05, 4.69) is 4.98 Å². The van der Waals surface area contributed by atoms with E-state index in [1.165, 1.54) is 18.2 Å². The molecule has 0 radical (unpaired) electrons. The quantitative estimate of drug-likeness (QED) is 0.568. The molecule has 1 aromatic heterocycles. The third-order valence-corrected chi connectivity index (χ3v) is 2.66. The van der Waals surface area contributed by atoms with E-state index >= 15 is 0 Å². The van der Waals surface area contributed by atoms with Gasteiger partial charge in [0, 0.05) is 24.4 Å². The SMILES string of the molecule is O=[N+]([O-])c1cc(C(O)Cc2ccc[nH]2)ccc1O. The minimum absolute atomic E-state index is 0.328. The molecular weight excluding hydrogens is 236 g/mol. The number of nitrogens with zero attached hydrogens (tertiary/aromatic N) is 1. The first-order valence-electron chi connectivity index (χ1n) is 5.35. The molecule has 2 aromatic rings. The van der Waals surface area contributed by atoms with Crippen LogP contribution in [0.4, 0.5) is 5.69 Å². The Morgan fingerprint density at radius 1 is 1.39 bits per heavy atom. The lowest BCUT2D eigenvalue weighted by Crippen LogP contribution is -2.03. The second-order valence-electron chi connectivity index (χ2n) is 3.92. The van der Waals surface area contributed by atoms with Crippen LogP contribution in [0.25, 0.3) is 0 Å². The zero-order chi connectivity index (χ0) is 13.1. The Morgan fingerprint density at radius 2 is 2.17 bits per heavy atom. The Kier molecular flexibility index (Phi) is 3.29. The third-order valence-electron chi connectivity index (χ3n) is 2.66. The Bertz CT molecular complexity index is 551. The molecule has 1 aromatic carbocycles. The summed E-state index contributed by atoms with van der Waals surface area (Å²) in [7, 11) is 0. The average molecular weight is 248 g/mol. The van der Waals surface area contributed by atoms with Gasteiger partial charge in [-0.1, -0.05) is 6.07 Å². The molecule has 0 saturated carbocycles. The van der Waals surface area contributed by atoms with Crippen LogP contribution in [0.1, 0.15) is 17.4 Å². The molecule has 0 aliphatic rings. The Balaban J connectivity index is 2.22. The summed E-state index contributed by atoms with van der Waals surface area (Å²) < 4.78 is 0. The molecule has 94 valence electrons. The van der Waals surface area contributed by atoms with E-state index in [9.17, 15) is 20.3 Å². The van der Waals surface area contributed by atoms with Crippen molar-refractivity contribution in [3.63, 3.8) is 0 Å². The molecule has 3 N–H and O–H groups in total. The third kappa shape index (κ3) is 2.49. The van der Waals surface area contributed by atoms with Crippen LogP contribution in [-0.2, 0) is 6.42 Å². The van der Waals surface area contributed by atoms with Crippen molar-refractivity contribution in [1.29, 1.82) is 0 Å². The molecule has 1 heterocycles. The van der Waals surface area contributed by atoms with Crippen molar-refractivity contribution < 1.29 is 15.1 Å². The van der Waals surface area contributed by atoms with Crippen molar-refractivity contribution in [2.45, 2.75) is 12.5 Å². The van der Waals surface area contributed by atoms with Crippen LogP contribution in [0.3, 0.4) is 0 Å². The fraction of sp³-hybridized carbons (Fsp3) is 0.167. The number of nitro benzene ring substituents is 1. The minimum Gasteiger partial charge on any atom is -0.502 e. The summed E-state index contributed by atoms with van der Waals surface area (Å²) in [6.07, 6.45) is 1.21. The van der Waals surface area contributed by atoms with E-state index in [0.29, 0.717) is 12.0 Å². The van der Waals surface area contributed by atoms with Gasteiger partial charge in [0.1, 0.15) is 0 Å². The number of aliphatic hydroxyl groups excluding tert-OH is 1. The van der Waals surface area contributed by atoms with Gasteiger partial charge in [0.05, 0.1) is 11.0 Å². The highest BCUT2D eigenvalue weighted by molar-refractivity contribution is 5.48. The number of aromatic nitrogens is 1. The number of hydrogen-bond donors (Lipinski definition) is 3. The maximum atomic E-state index is 10.7. The van der Waals surface area contributed by atoms with Gasteiger partial charge in [0.15, 0.2) is 5.75 Å². The van der Waals surface area contributed by atoms with E-state index in [0.717, 1.165) is 5.69 Å². The maximum Gasteiger partial charge on any atom is 0.311 e. The number of hydrogen-bond acceptors (Lipinski definition) is 4. The van der Waals surface area contributed by atoms with Gasteiger partial charge in [-0.25, -0.2) is 0 Å². The van der Waals surface area contributed by atoms with Crippen LogP contribution in [0.5, 0.6) is 5.75 Å². The Labute approximate surface area is 103 Å². The van der Waals surface area contributed by atoms with Gasteiger partial charge in [-0.3, -0.25) is 10.1 Å². The lowest BCUT2D eigenvalue weighted by Gasteiger charge is -2.10. The first kappa shape index (κ1) is 12.1. The Hall–Kier alpha value is -2.34. The van der Waals surface area contributed by atoms with Crippen LogP contribution in [0.2, 0.25) is 0 Å². The number of phenols is 1. The van der Waals surface area contributed by atoms with E-state index in [-0.39, 0.29) is 0 Å². The largest absolute Gasteiger partial charge is 0.502 e. The lowest BCUT2D eigenvalue weighted by atomic mass is 10.0. The molecule has 0 amide bonds. The first-order chi connectivity index (χ1) is 8.58. The van der Waals surface area contributed by atoms with E-state index in [1.54, 1.807) is 12.3 Å². The molecule has 0 saturated heterocycles. The number of aromatic hydroxyl groups is 1. The number of nitrogens with one attached hydrogen (secondary N) is 1. The summed E-state index contributed by atoms with van der Waals surface area (Å²) in [6, 6.07) is 7.49. The Morgan fingerprint density at radius 3 is 2.78 bits per heavy atom. The fourth-order valence-corrected chi connectivity index (χ4v) is 1.71. The van der Waals surface area contributed by atoms with Gasteiger partial charge in [-0.2, -0.15) is 0 Å². The summed E-state index contributed by atoms with van der Waals surface area (Å²) in [5.74, 6) is -0.407. The highest BCUT2D eigenvalue weighted by Crippen LogP contribution is 2.29. The molecule has 0 aliphatic heterocycles. The zero-order valence-electron chi connectivity index (χ0n) is 9.41. The smallest absolute Gasteiger partial charge is 0.311 e. The van der Waals surface area contributed by atoms with Gasteiger partial charge in [0.25, 0.3) is 0 Å². The van der Waals surface area contributed by atoms with Crippen LogP contribution in [0, 0.1) is 10.1 Å². The number of rotatable bonds is 4. The highest BCUT2D eigenvalue weighted by atomic mass is 16.6. The van der Waals surface area contributed by atoms with Crippen LogP contribution < -0.4 is 0 Å². The molecule has 18 heavy (non-hydrogen) atoms. The number of phenolic OH excluding ortho intramolecular Hbond substituents is 1. The molecular formula is C12H12N2O4. The number of nitro groups is 1. The molecule has 1 unspecified atom stereocenters. The van der Waals surface area contributed by atoms with E-state index in [1.807, 2.05) is 6.07 Å². The molecule has 2 rings (SSSR count). The van der Waals surface area contributed by atoms with Gasteiger partial charge in [0.2, 0.25) is 0 Å². The van der Waals surface area contributed by atoms with Crippen molar-refractivity contribution >= 4 is 5.69 Å². The predicted octanol–water partition coefficient (Wildman–Crippen LogP) is 1.90. The van der Waals surface area contributed by atoms with Crippen molar-refractivity contribution in [2.24, 2.45) is 0 Å². The summed E-state index contributed by atoms with van der Waals surface area (Å²) >= 11 is 0. The van der Waals surface area contributed by atoms with Crippen LogP contribution in [0.15, 0.2) is 36.5 Å². The van der Waals surface area contributed by atoms with Crippen molar-refractivity contribution in [1.82, 2.24) is 4.98 Å². The lowest BCUT2D eigenvalue weighted by molar-refractivity contribution is -0.386. The fourth-order valence-electron chi connectivity index (χ4n) is 1.71. The van der Waals surface area contributed by atoms with E-state index < -0.39 is 22.5 Å². The maximum absolute atomic E-state index is 10.7. The van der Waals surface area contributed by atoms with Gasteiger partial charge in [-0.15, -0.1) is 0 Å². The average Bonchev–Trinajstić information content (AvgIpc) is 2.81. The van der Waals surface area contributed by atoms with Crippen molar-refractivity contribution in [2.75, 3.05) is 0 Å². The van der Waals surface area contributed by atoms with Crippen LogP contribution in [-0.4, -0.2) is 20.1 Å². The van der Waals surface area contributed by atoms with Crippen molar-refractivity contribution in [3.8, 4) is 5.75 Å². The van der Waals surface area contributed by atoms with Crippen molar-refractivity contribution in [3.05, 3.63) is 57.9 Å². The van der Waals surface area contributed by atoms with Gasteiger partial charge in [-0.05, 0) is 23.8 Å². The normalized spacial score (nSPS) is 12.3. The molecule has 6 nitrogen and oxygen atoms in total. The summed E-state index contributed by atoms with van der Waals surface area (Å²) in [4.78, 5) is 12.9. The summed E-state index contributed by atoms with van der Waals surface area (Å²) in [6.45, 7) is 0. The highest BCUT2D eigenvalue weighted by Gasteiger charge is 2.17. The molecule has 1 atom stereocenters. The topological polar surface area (TPSA) is 99.4 Å². The zero-order valence-corrected chi connectivity index (χ0v) is 9.41. The molecule has 6 heteroatoms. The summed E-state index contributed by atoms with van der Waals surface area (Å²) in [5.41, 5.74) is 0.824. The number of aliphatic hydroxyl groups is 1. The van der Waals surface area contributed by atoms with Crippen LogP contribution >= 0.6 is 0 Å². The molecule has 0 aliphatic carbocycles. The number of benzene rings is 1. The minimum atomic E-state index is -0.858. The second kappa shape index (κ2) is 4.89. The predicted molar refractivity (Wildman–Crippen MR) is 64.2 cm³/mol. The molecule has 0 spiro atoms. The number of H-pyrrole nitrogens is 1. The van der Waals surface area contributed by atoms with E-state index in [4.69, 9.17) is 0 Å².